The van der Waals surface area contributed by atoms with E-state index in [4.69, 9.17) is 15.2 Å². The number of nitrogens with two attached hydrogens (primary N) is 1. The predicted octanol–water partition coefficient (Wildman–Crippen LogP) is 4.86. The zero-order valence-electron chi connectivity index (χ0n) is 33.4. The minimum Gasteiger partial charge on any atom is -0.477 e. The predicted molar refractivity (Wildman–Crippen MR) is 226 cm³/mol. The average molecular weight is 834 g/mol. The number of thioether (sulfide) groups is 1. The summed E-state index contributed by atoms with van der Waals surface area (Å²) < 4.78 is 28.0. The van der Waals surface area contributed by atoms with Crippen LogP contribution in [-0.2, 0) is 34.0 Å². The third-order valence-electron chi connectivity index (χ3n) is 9.98. The number of benzene rings is 3. The number of ether oxygens (including phenoxy) is 2. The van der Waals surface area contributed by atoms with Gasteiger partial charge < -0.3 is 50.6 Å². The summed E-state index contributed by atoms with van der Waals surface area (Å²) in [4.78, 5) is 64.6. The second-order valence-corrected chi connectivity index (χ2v) is 15.6. The van der Waals surface area contributed by atoms with Crippen LogP contribution in [-0.4, -0.2) is 101 Å². The first-order chi connectivity index (χ1) is 28.3. The lowest BCUT2D eigenvalue weighted by Crippen LogP contribution is -2.49. The topological polar surface area (TPSA) is 198 Å². The highest BCUT2D eigenvalue weighted by Crippen LogP contribution is 2.27. The molecule has 316 valence electrons. The Kier molecular flexibility index (Phi) is 16.0. The van der Waals surface area contributed by atoms with Gasteiger partial charge in [0.15, 0.2) is 0 Å². The quantitative estimate of drug-likeness (QED) is 0.0862. The van der Waals surface area contributed by atoms with Crippen molar-refractivity contribution in [2.75, 3.05) is 61.0 Å². The lowest BCUT2D eigenvalue weighted by Gasteiger charge is -2.35. The fraction of sp³-hybridized carbons (Fsp3) is 0.405. The van der Waals surface area contributed by atoms with Crippen molar-refractivity contribution in [2.24, 2.45) is 11.7 Å². The van der Waals surface area contributed by atoms with Gasteiger partial charge in [0, 0.05) is 80.9 Å². The number of amides is 3. The maximum absolute atomic E-state index is 15.3. The average Bonchev–Trinajstić information content (AvgIpc) is 3.23. The Morgan fingerprint density at radius 2 is 1.61 bits per heavy atom. The fourth-order valence-electron chi connectivity index (χ4n) is 6.54. The molecule has 0 unspecified atom stereocenters. The number of carboxylic acid groups (broad SMARTS) is 1. The third-order valence-corrected chi connectivity index (χ3v) is 11.1. The number of halogens is 1. The largest absolute Gasteiger partial charge is 0.477 e. The van der Waals surface area contributed by atoms with Gasteiger partial charge in [-0.3, -0.25) is 9.59 Å². The molecule has 1 aliphatic rings. The maximum atomic E-state index is 15.3. The molecule has 2 atom stereocenters. The van der Waals surface area contributed by atoms with Crippen LogP contribution in [0.4, 0.5) is 25.4 Å². The number of nitrogens with one attached hydrogen (secondary N) is 3. The molecule has 0 bridgehead atoms. The van der Waals surface area contributed by atoms with Gasteiger partial charge in [-0.05, 0) is 48.2 Å². The van der Waals surface area contributed by atoms with Crippen LogP contribution in [0, 0.1) is 11.7 Å². The molecule has 15 nitrogen and oxygen atoms in total. The summed E-state index contributed by atoms with van der Waals surface area (Å²) in [7, 11) is 0. The Morgan fingerprint density at radius 1 is 0.932 bits per heavy atom. The number of rotatable bonds is 19. The van der Waals surface area contributed by atoms with Crippen LogP contribution in [0.3, 0.4) is 0 Å². The molecule has 1 saturated heterocycles. The number of carbonyl (C=O) groups is 4. The molecule has 0 aliphatic carbocycles. The Bertz CT molecular complexity index is 2130. The van der Waals surface area contributed by atoms with Crippen molar-refractivity contribution in [1.82, 2.24) is 20.1 Å². The molecule has 1 aliphatic heterocycles. The summed E-state index contributed by atoms with van der Waals surface area (Å²) in [5.74, 6) is -1.52. The summed E-state index contributed by atoms with van der Waals surface area (Å²) >= 11 is 1.42. The smallest absolute Gasteiger partial charge is 0.410 e. The number of nitrogens with zero attached hydrogens (tertiary/aromatic N) is 3. The molecule has 0 saturated carbocycles. The number of aromatic carboxylic acids is 1. The molecule has 17 heteroatoms. The van der Waals surface area contributed by atoms with Gasteiger partial charge in [0.05, 0.1) is 17.0 Å². The van der Waals surface area contributed by atoms with Crippen LogP contribution in [0.1, 0.15) is 42.3 Å². The molecule has 0 spiro atoms. The number of primary amides is 1. The van der Waals surface area contributed by atoms with Crippen molar-refractivity contribution >= 4 is 58.1 Å². The van der Waals surface area contributed by atoms with Crippen LogP contribution < -0.4 is 32.0 Å². The van der Waals surface area contributed by atoms with Gasteiger partial charge in [0.1, 0.15) is 24.6 Å². The number of carbonyl (C=O) groups excluding carboxylic acids is 3. The van der Waals surface area contributed by atoms with Crippen molar-refractivity contribution in [3.05, 3.63) is 106 Å². The lowest BCUT2D eigenvalue weighted by atomic mass is 10.0. The molecular weight excluding hydrogens is 782 g/mol. The molecule has 5 rings (SSSR count). The van der Waals surface area contributed by atoms with Crippen molar-refractivity contribution in [1.29, 1.82) is 0 Å². The first-order valence-corrected chi connectivity index (χ1v) is 20.6. The SMILES string of the molecule is CCn1cc(C(=O)O)c(=O)c2cc(F)c(N3CCN(C(=O)OCc4ccc(NC[C@H](CSCC(N)=O)NC[C@H](NC(=O)OCc5ccccc5)C(C)C)cc4)CC3)cc21. The van der Waals surface area contributed by atoms with Crippen LogP contribution in [0.25, 0.3) is 10.9 Å². The fourth-order valence-corrected chi connectivity index (χ4v) is 7.38. The minimum absolute atomic E-state index is 0.00318. The number of pyridine rings is 1. The van der Waals surface area contributed by atoms with Gasteiger partial charge in [0.2, 0.25) is 11.3 Å². The van der Waals surface area contributed by atoms with Gasteiger partial charge >= 0.3 is 18.2 Å². The van der Waals surface area contributed by atoms with E-state index < -0.39 is 40.9 Å². The Labute approximate surface area is 346 Å². The van der Waals surface area contributed by atoms with Gasteiger partial charge in [0.25, 0.3) is 0 Å². The first-order valence-electron chi connectivity index (χ1n) is 19.5. The number of piperazine rings is 1. The summed E-state index contributed by atoms with van der Waals surface area (Å²) in [6.45, 7) is 8.67. The van der Waals surface area contributed by atoms with E-state index in [1.165, 1.54) is 18.0 Å². The zero-order valence-corrected chi connectivity index (χ0v) is 34.3. The number of fused-ring (bicyclic) bond motifs is 1. The summed E-state index contributed by atoms with van der Waals surface area (Å²) in [6.07, 6.45) is 0.283. The molecule has 2 heterocycles. The molecule has 3 aromatic carbocycles. The molecule has 6 N–H and O–H groups in total. The normalized spacial score (nSPS) is 13.8. The van der Waals surface area contributed by atoms with Gasteiger partial charge in [-0.2, -0.15) is 11.8 Å². The van der Waals surface area contributed by atoms with Crippen LogP contribution in [0.2, 0.25) is 0 Å². The summed E-state index contributed by atoms with van der Waals surface area (Å²) in [5, 5.41) is 19.3. The second-order valence-electron chi connectivity index (χ2n) is 14.5. The van der Waals surface area contributed by atoms with E-state index in [1.807, 2.05) is 68.4 Å². The highest BCUT2D eigenvalue weighted by Gasteiger charge is 2.26. The molecule has 4 aromatic rings. The number of anilines is 2. The van der Waals surface area contributed by atoms with Crippen LogP contribution in [0.5, 0.6) is 0 Å². The molecule has 59 heavy (non-hydrogen) atoms. The van der Waals surface area contributed by atoms with E-state index in [2.05, 4.69) is 16.0 Å². The molecule has 3 amide bonds. The molecule has 1 fully saturated rings. The molecule has 0 radical (unpaired) electrons. The van der Waals surface area contributed by atoms with Crippen molar-refractivity contribution < 1.29 is 38.1 Å². The van der Waals surface area contributed by atoms with Crippen molar-refractivity contribution in [2.45, 2.75) is 52.6 Å². The van der Waals surface area contributed by atoms with Crippen molar-refractivity contribution in [3.8, 4) is 0 Å². The Balaban J connectivity index is 1.09. The minimum atomic E-state index is -1.37. The number of aryl methyl sites for hydroxylation is 1. The highest BCUT2D eigenvalue weighted by molar-refractivity contribution is 8.00. The molecular formula is C42H52FN7O8S. The summed E-state index contributed by atoms with van der Waals surface area (Å²) in [6, 6.07) is 19.3. The summed E-state index contributed by atoms with van der Waals surface area (Å²) in [5.41, 5.74) is 7.43. The Morgan fingerprint density at radius 3 is 2.25 bits per heavy atom. The van der Waals surface area contributed by atoms with Crippen LogP contribution >= 0.6 is 11.8 Å². The standard InChI is InChI=1S/C42H52FN7O8S/c1-4-48-22-33(40(53)54)39(52)32-18-34(43)37(19-36(32)48)49-14-16-50(17-15-49)42(56)58-24-29-10-12-30(13-11-29)45-20-31(25-59-26-38(44)51)46-21-35(27(2)3)47-41(55)57-23-28-8-6-5-7-9-28/h5-13,18-19,22,27,31,35,45-46H,4,14-17,20-21,23-26H2,1-3H3,(H2,44,51)(H,47,55)(H,53,54)/t31-,35+/m1/s1. The lowest BCUT2D eigenvalue weighted by molar-refractivity contribution is -0.115. The number of carboxylic acids is 1. The maximum Gasteiger partial charge on any atom is 0.410 e. The highest BCUT2D eigenvalue weighted by atomic mass is 32.2. The third kappa shape index (κ3) is 12.6. The number of alkyl carbamates (subject to hydrolysis) is 1. The van der Waals surface area contributed by atoms with Gasteiger partial charge in [-0.1, -0.05) is 56.3 Å². The number of aromatic nitrogens is 1. The monoisotopic (exact) mass is 833 g/mol. The molecule has 1 aromatic heterocycles. The van der Waals surface area contributed by atoms with Gasteiger partial charge in [-0.25, -0.2) is 18.8 Å². The van der Waals surface area contributed by atoms with E-state index >= 15 is 4.39 Å². The second kappa shape index (κ2) is 21.3. The van der Waals surface area contributed by atoms with E-state index in [9.17, 15) is 29.1 Å². The first kappa shape index (κ1) is 44.3. The van der Waals surface area contributed by atoms with Crippen molar-refractivity contribution in [3.63, 3.8) is 0 Å². The van der Waals surface area contributed by atoms with Crippen LogP contribution in [0.15, 0.2) is 77.7 Å². The Hall–Kier alpha value is -5.81. The number of hydrogen-bond donors (Lipinski definition) is 5. The van der Waals surface area contributed by atoms with E-state index in [-0.39, 0.29) is 61.1 Å². The van der Waals surface area contributed by atoms with E-state index in [0.29, 0.717) is 44.0 Å². The number of hydrogen-bond acceptors (Lipinski definition) is 11. The van der Waals surface area contributed by atoms with Gasteiger partial charge in [-0.15, -0.1) is 0 Å². The van der Waals surface area contributed by atoms with E-state index in [0.717, 1.165) is 22.9 Å². The zero-order chi connectivity index (χ0) is 42.5. The van der Waals surface area contributed by atoms with E-state index in [1.54, 1.807) is 27.4 Å².